The van der Waals surface area contributed by atoms with Crippen LogP contribution in [0.25, 0.3) is 0 Å². The van der Waals surface area contributed by atoms with E-state index in [1.807, 2.05) is 74.2 Å². The molecule has 1 aliphatic heterocycles. The molecule has 8 nitrogen and oxygen atoms in total. The minimum absolute atomic E-state index is 0.107. The van der Waals surface area contributed by atoms with Crippen LogP contribution in [0.2, 0.25) is 0 Å². The number of hydrogen-bond donors (Lipinski definition) is 2. The molecule has 0 saturated carbocycles. The van der Waals surface area contributed by atoms with E-state index in [-0.39, 0.29) is 17.9 Å². The first-order valence-electron chi connectivity index (χ1n) is 12.5. The molecule has 36 heavy (non-hydrogen) atoms. The molecule has 1 fully saturated rings. The van der Waals surface area contributed by atoms with Crippen LogP contribution in [0, 0.1) is 13.8 Å². The minimum atomic E-state index is -0.114. The van der Waals surface area contributed by atoms with Crippen molar-refractivity contribution in [3.63, 3.8) is 0 Å². The molecular weight excluding hydrogens is 456 g/mol. The summed E-state index contributed by atoms with van der Waals surface area (Å²) < 4.78 is 10.7. The molecule has 190 valence electrons. The number of amides is 3. The van der Waals surface area contributed by atoms with Crippen LogP contribution in [0.3, 0.4) is 0 Å². The molecule has 0 radical (unpaired) electrons. The lowest BCUT2D eigenvalue weighted by Gasteiger charge is -2.33. The second-order valence-electron chi connectivity index (χ2n) is 9.11. The fourth-order valence-electron chi connectivity index (χ4n) is 4.63. The van der Waals surface area contributed by atoms with Crippen molar-refractivity contribution in [1.29, 1.82) is 0 Å². The first kappa shape index (κ1) is 25.3. The quantitative estimate of drug-likeness (QED) is 0.459. The van der Waals surface area contributed by atoms with E-state index < -0.39 is 0 Å². The van der Waals surface area contributed by atoms with Crippen molar-refractivity contribution in [1.82, 2.24) is 15.4 Å². The van der Waals surface area contributed by atoms with Crippen molar-refractivity contribution in [2.75, 3.05) is 31.6 Å². The van der Waals surface area contributed by atoms with Crippen molar-refractivity contribution in [2.45, 2.75) is 46.0 Å². The second kappa shape index (κ2) is 11.7. The van der Waals surface area contributed by atoms with Crippen LogP contribution in [0.15, 0.2) is 53.1 Å². The Morgan fingerprint density at radius 1 is 1.17 bits per heavy atom. The highest BCUT2D eigenvalue weighted by atomic mass is 16.5. The third kappa shape index (κ3) is 6.24. The number of likely N-dealkylation sites (tertiary alicyclic amines) is 1. The topological polar surface area (TPSA) is 96.7 Å². The Morgan fingerprint density at radius 2 is 1.97 bits per heavy atom. The number of piperidine rings is 1. The Morgan fingerprint density at radius 3 is 2.69 bits per heavy atom. The monoisotopic (exact) mass is 490 g/mol. The highest BCUT2D eigenvalue weighted by molar-refractivity contribution is 5.94. The maximum absolute atomic E-state index is 12.9. The lowest BCUT2D eigenvalue weighted by atomic mass is 9.89. The number of rotatable bonds is 8. The predicted octanol–water partition coefficient (Wildman–Crippen LogP) is 5.07. The van der Waals surface area contributed by atoms with Gasteiger partial charge >= 0.3 is 6.03 Å². The number of urea groups is 1. The molecule has 1 aromatic heterocycles. The Bertz CT molecular complexity index is 1170. The Kier molecular flexibility index (Phi) is 8.25. The Hall–Kier alpha value is -3.81. The van der Waals surface area contributed by atoms with E-state index in [1.165, 1.54) is 0 Å². The average Bonchev–Trinajstić information content (AvgIpc) is 3.22. The Labute approximate surface area is 212 Å². The van der Waals surface area contributed by atoms with Gasteiger partial charge in [-0.15, -0.1) is 0 Å². The SMILES string of the molecule is CCOc1ccc(NC(=O)N2CCC[C@H](c3cccc(C(=O)NCCc4c(C)noc4C)c3)C2)cc1. The van der Waals surface area contributed by atoms with Gasteiger partial charge in [0.1, 0.15) is 11.5 Å². The zero-order chi connectivity index (χ0) is 25.5. The molecule has 0 unspecified atom stereocenters. The number of ether oxygens (including phenoxy) is 1. The van der Waals surface area contributed by atoms with Crippen LogP contribution < -0.4 is 15.4 Å². The number of aromatic nitrogens is 1. The van der Waals surface area contributed by atoms with Gasteiger partial charge in [0.05, 0.1) is 12.3 Å². The van der Waals surface area contributed by atoms with Crippen LogP contribution in [-0.2, 0) is 6.42 Å². The van der Waals surface area contributed by atoms with Gasteiger partial charge in [-0.3, -0.25) is 4.79 Å². The molecule has 8 heteroatoms. The van der Waals surface area contributed by atoms with Crippen molar-refractivity contribution >= 4 is 17.6 Å². The molecular formula is C28H34N4O4. The van der Waals surface area contributed by atoms with E-state index in [4.69, 9.17) is 9.26 Å². The number of nitrogens with zero attached hydrogens (tertiary/aromatic N) is 2. The summed E-state index contributed by atoms with van der Waals surface area (Å²) in [5, 5.41) is 9.94. The van der Waals surface area contributed by atoms with Gasteiger partial charge in [-0.2, -0.15) is 0 Å². The summed E-state index contributed by atoms with van der Waals surface area (Å²) in [6, 6.07) is 15.0. The standard InChI is InChI=1S/C28H34N4O4/c1-4-35-25-12-10-24(11-13-25)30-28(34)32-16-6-9-23(18-32)21-7-5-8-22(17-21)27(33)29-15-14-26-19(2)31-36-20(26)3/h5,7-8,10-13,17,23H,4,6,9,14-16,18H2,1-3H3,(H,29,33)(H,30,34)/t23-/m0/s1. The molecule has 4 rings (SSSR count). The van der Waals surface area contributed by atoms with Gasteiger partial charge in [0.15, 0.2) is 0 Å². The normalized spacial score (nSPS) is 15.4. The third-order valence-electron chi connectivity index (χ3n) is 6.59. The van der Waals surface area contributed by atoms with E-state index in [2.05, 4.69) is 15.8 Å². The van der Waals surface area contributed by atoms with Gasteiger partial charge in [-0.25, -0.2) is 4.79 Å². The van der Waals surface area contributed by atoms with E-state index in [9.17, 15) is 9.59 Å². The molecule has 2 N–H and O–H groups in total. The van der Waals surface area contributed by atoms with Crippen LogP contribution in [0.5, 0.6) is 5.75 Å². The molecule has 0 aliphatic carbocycles. The average molecular weight is 491 g/mol. The number of hydrogen-bond acceptors (Lipinski definition) is 5. The number of aryl methyl sites for hydroxylation is 2. The highest BCUT2D eigenvalue weighted by Gasteiger charge is 2.25. The second-order valence-corrected chi connectivity index (χ2v) is 9.11. The van der Waals surface area contributed by atoms with Crippen molar-refractivity contribution < 1.29 is 18.8 Å². The maximum Gasteiger partial charge on any atom is 0.321 e. The minimum Gasteiger partial charge on any atom is -0.494 e. The lowest BCUT2D eigenvalue weighted by Crippen LogP contribution is -2.41. The molecule has 2 heterocycles. The summed E-state index contributed by atoms with van der Waals surface area (Å²) in [5.41, 5.74) is 4.34. The number of carbonyl (C=O) groups is 2. The van der Waals surface area contributed by atoms with Gasteiger partial charge in [0.2, 0.25) is 0 Å². The lowest BCUT2D eigenvalue weighted by molar-refractivity contribution is 0.0953. The number of nitrogens with one attached hydrogen (secondary N) is 2. The predicted molar refractivity (Wildman–Crippen MR) is 139 cm³/mol. The number of anilines is 1. The summed E-state index contributed by atoms with van der Waals surface area (Å²) in [6.45, 7) is 8.16. The molecule has 2 aromatic carbocycles. The largest absolute Gasteiger partial charge is 0.494 e. The fourth-order valence-corrected chi connectivity index (χ4v) is 4.63. The molecule has 0 bridgehead atoms. The first-order valence-corrected chi connectivity index (χ1v) is 12.5. The summed E-state index contributed by atoms with van der Waals surface area (Å²) in [5.74, 6) is 1.64. The third-order valence-corrected chi connectivity index (χ3v) is 6.59. The maximum atomic E-state index is 12.9. The van der Waals surface area contributed by atoms with Crippen molar-refractivity contribution in [3.8, 4) is 5.75 Å². The van der Waals surface area contributed by atoms with E-state index in [0.29, 0.717) is 38.2 Å². The van der Waals surface area contributed by atoms with E-state index in [1.54, 1.807) is 0 Å². The van der Waals surface area contributed by atoms with Crippen molar-refractivity contribution in [3.05, 3.63) is 76.7 Å². The summed E-state index contributed by atoms with van der Waals surface area (Å²) >= 11 is 0. The van der Waals surface area contributed by atoms with Gasteiger partial charge in [-0.05, 0) is 82.0 Å². The molecule has 1 aliphatic rings. The summed E-state index contributed by atoms with van der Waals surface area (Å²) in [6.07, 6.45) is 2.56. The number of benzene rings is 2. The molecule has 1 atom stereocenters. The summed E-state index contributed by atoms with van der Waals surface area (Å²) in [4.78, 5) is 27.5. The van der Waals surface area contributed by atoms with Crippen molar-refractivity contribution in [2.24, 2.45) is 0 Å². The molecule has 3 aromatic rings. The highest BCUT2D eigenvalue weighted by Crippen LogP contribution is 2.28. The molecule has 0 spiro atoms. The van der Waals surface area contributed by atoms with Crippen LogP contribution >= 0.6 is 0 Å². The number of carbonyl (C=O) groups excluding carboxylic acids is 2. The first-order chi connectivity index (χ1) is 17.4. The van der Waals surface area contributed by atoms with Gasteiger partial charge in [-0.1, -0.05) is 17.3 Å². The molecule has 1 saturated heterocycles. The van der Waals surface area contributed by atoms with Crippen LogP contribution in [0.4, 0.5) is 10.5 Å². The zero-order valence-corrected chi connectivity index (χ0v) is 21.2. The zero-order valence-electron chi connectivity index (χ0n) is 21.2. The summed E-state index contributed by atoms with van der Waals surface area (Å²) in [7, 11) is 0. The Balaban J connectivity index is 1.33. The van der Waals surface area contributed by atoms with Gasteiger partial charge in [0.25, 0.3) is 5.91 Å². The fraction of sp³-hybridized carbons (Fsp3) is 0.393. The van der Waals surface area contributed by atoms with Gasteiger partial charge in [0, 0.05) is 42.4 Å². The van der Waals surface area contributed by atoms with Crippen LogP contribution in [0.1, 0.15) is 58.6 Å². The van der Waals surface area contributed by atoms with E-state index >= 15 is 0 Å². The molecule has 3 amide bonds. The van der Waals surface area contributed by atoms with E-state index in [0.717, 1.165) is 46.9 Å². The smallest absolute Gasteiger partial charge is 0.321 e. The van der Waals surface area contributed by atoms with Gasteiger partial charge < -0.3 is 24.8 Å². The van der Waals surface area contributed by atoms with Crippen LogP contribution in [-0.4, -0.2) is 48.2 Å².